The molecule has 0 amide bonds. The van der Waals surface area contributed by atoms with Crippen LogP contribution in [-0.4, -0.2) is 42.0 Å². The maximum atomic E-state index is 10.2. The Morgan fingerprint density at radius 2 is 1.67 bits per heavy atom. The van der Waals surface area contributed by atoms with E-state index < -0.39 is 0 Å². The highest BCUT2D eigenvalue weighted by Crippen LogP contribution is 2.47. The first-order valence-corrected chi connectivity index (χ1v) is 13.2. The Hall–Kier alpha value is -2.43. The van der Waals surface area contributed by atoms with E-state index in [1.807, 2.05) is 23.9 Å². The number of hydrogen-bond acceptors (Lipinski definition) is 4. The molecule has 5 rings (SSSR count). The first kappa shape index (κ1) is 22.4. The van der Waals surface area contributed by atoms with Gasteiger partial charge in [-0.25, -0.2) is 0 Å². The smallest absolute Gasteiger partial charge is 0.123 e. The highest BCUT2D eigenvalue weighted by Gasteiger charge is 2.33. The maximum Gasteiger partial charge on any atom is 0.123 e. The van der Waals surface area contributed by atoms with Gasteiger partial charge >= 0.3 is 0 Å². The lowest BCUT2D eigenvalue weighted by atomic mass is 9.76. The highest BCUT2D eigenvalue weighted by molar-refractivity contribution is 7.99. The molecule has 33 heavy (non-hydrogen) atoms. The van der Waals surface area contributed by atoms with E-state index in [0.29, 0.717) is 6.61 Å². The Morgan fingerprint density at radius 1 is 0.879 bits per heavy atom. The number of ether oxygens (including phenoxy) is 1. The number of phenolic OH excluding ortho intramolecular Hbond substituents is 1. The second kappa shape index (κ2) is 10.7. The first-order chi connectivity index (χ1) is 16.3. The van der Waals surface area contributed by atoms with Gasteiger partial charge in [-0.1, -0.05) is 48.9 Å². The van der Waals surface area contributed by atoms with Crippen LogP contribution < -0.4 is 4.74 Å². The van der Waals surface area contributed by atoms with Crippen molar-refractivity contribution >= 4 is 11.8 Å². The molecular formula is C29H33NO2S. The number of nitrogens with zero attached hydrogens (tertiary/aromatic N) is 1. The lowest BCUT2D eigenvalue weighted by Gasteiger charge is -2.34. The predicted molar refractivity (Wildman–Crippen MR) is 137 cm³/mol. The lowest BCUT2D eigenvalue weighted by molar-refractivity contribution is 0.230. The normalized spacial score (nSPS) is 20.7. The van der Waals surface area contributed by atoms with Crippen molar-refractivity contribution in [1.29, 1.82) is 0 Å². The summed E-state index contributed by atoms with van der Waals surface area (Å²) in [6.07, 6.45) is 5.38. The highest BCUT2D eigenvalue weighted by atomic mass is 32.2. The van der Waals surface area contributed by atoms with E-state index in [1.54, 1.807) is 6.07 Å². The van der Waals surface area contributed by atoms with Gasteiger partial charge in [-0.15, -0.1) is 11.8 Å². The molecule has 0 unspecified atom stereocenters. The Morgan fingerprint density at radius 3 is 2.45 bits per heavy atom. The largest absolute Gasteiger partial charge is 0.508 e. The molecule has 2 aliphatic rings. The van der Waals surface area contributed by atoms with Gasteiger partial charge in [-0.2, -0.15) is 0 Å². The van der Waals surface area contributed by atoms with Crippen molar-refractivity contribution in [3.63, 3.8) is 0 Å². The third kappa shape index (κ3) is 5.39. The van der Waals surface area contributed by atoms with Crippen molar-refractivity contribution in [3.8, 4) is 11.5 Å². The molecule has 2 aliphatic heterocycles. The molecule has 1 saturated heterocycles. The summed E-state index contributed by atoms with van der Waals surface area (Å²) in [6.45, 7) is 4.43. The monoisotopic (exact) mass is 459 g/mol. The second-order valence-corrected chi connectivity index (χ2v) is 10.4. The van der Waals surface area contributed by atoms with Crippen LogP contribution in [0.1, 0.15) is 54.2 Å². The number of piperidine rings is 1. The molecule has 4 heteroatoms. The molecule has 1 fully saturated rings. The average Bonchev–Trinajstić information content (AvgIpc) is 2.87. The van der Waals surface area contributed by atoms with Crippen molar-refractivity contribution in [3.05, 3.63) is 89.5 Å². The zero-order chi connectivity index (χ0) is 22.5. The van der Waals surface area contributed by atoms with Crippen molar-refractivity contribution in [1.82, 2.24) is 4.90 Å². The third-order valence-electron chi connectivity index (χ3n) is 6.95. The Balaban J connectivity index is 1.31. The van der Waals surface area contributed by atoms with E-state index in [-0.39, 0.29) is 17.6 Å². The summed E-state index contributed by atoms with van der Waals surface area (Å²) in [5.74, 6) is 2.69. The maximum absolute atomic E-state index is 10.2. The lowest BCUT2D eigenvalue weighted by Crippen LogP contribution is -2.30. The van der Waals surface area contributed by atoms with Crippen LogP contribution in [0.15, 0.2) is 77.7 Å². The van der Waals surface area contributed by atoms with Crippen LogP contribution in [0.5, 0.6) is 11.5 Å². The van der Waals surface area contributed by atoms with Crippen LogP contribution in [0.3, 0.4) is 0 Å². The number of rotatable bonds is 7. The molecule has 3 aromatic carbocycles. The van der Waals surface area contributed by atoms with Crippen LogP contribution >= 0.6 is 11.8 Å². The average molecular weight is 460 g/mol. The molecular weight excluding hydrogens is 426 g/mol. The van der Waals surface area contributed by atoms with Gasteiger partial charge in [0.25, 0.3) is 0 Å². The number of benzene rings is 3. The molecule has 0 spiro atoms. The first-order valence-electron chi connectivity index (χ1n) is 12.2. The molecule has 0 aromatic heterocycles. The number of phenols is 1. The van der Waals surface area contributed by atoms with Crippen LogP contribution in [0, 0.1) is 0 Å². The van der Waals surface area contributed by atoms with E-state index in [2.05, 4.69) is 59.5 Å². The van der Waals surface area contributed by atoms with Gasteiger partial charge in [0.15, 0.2) is 0 Å². The summed E-state index contributed by atoms with van der Waals surface area (Å²) >= 11 is 1.96. The minimum absolute atomic E-state index is 0.154. The summed E-state index contributed by atoms with van der Waals surface area (Å²) in [6, 6.07) is 25.2. The van der Waals surface area contributed by atoms with E-state index >= 15 is 0 Å². The summed E-state index contributed by atoms with van der Waals surface area (Å²) < 4.78 is 6.12. The van der Waals surface area contributed by atoms with Gasteiger partial charge in [0.05, 0.1) is 6.61 Å². The minimum Gasteiger partial charge on any atom is -0.508 e. The molecule has 0 saturated carbocycles. The summed E-state index contributed by atoms with van der Waals surface area (Å²) in [5.41, 5.74) is 3.61. The molecule has 1 N–H and O–H groups in total. The van der Waals surface area contributed by atoms with Gasteiger partial charge in [-0.3, -0.25) is 0 Å². The zero-order valence-corrected chi connectivity index (χ0v) is 20.0. The number of hydrogen-bond donors (Lipinski definition) is 1. The Bertz CT molecular complexity index is 1030. The molecule has 0 radical (unpaired) electrons. The van der Waals surface area contributed by atoms with Crippen LogP contribution in [-0.2, 0) is 0 Å². The third-order valence-corrected chi connectivity index (χ3v) is 8.05. The number of thioether (sulfide) groups is 1. The summed E-state index contributed by atoms with van der Waals surface area (Å²) in [5, 5.41) is 10.2. The van der Waals surface area contributed by atoms with E-state index in [4.69, 9.17) is 4.74 Å². The fourth-order valence-electron chi connectivity index (χ4n) is 5.24. The van der Waals surface area contributed by atoms with E-state index in [1.165, 1.54) is 61.3 Å². The van der Waals surface area contributed by atoms with E-state index in [0.717, 1.165) is 17.1 Å². The van der Waals surface area contributed by atoms with Crippen LogP contribution in [0.4, 0.5) is 0 Å². The van der Waals surface area contributed by atoms with Crippen molar-refractivity contribution in [2.45, 2.75) is 42.4 Å². The van der Waals surface area contributed by atoms with Gasteiger partial charge in [0.2, 0.25) is 0 Å². The molecule has 3 nitrogen and oxygen atoms in total. The number of aromatic hydroxyl groups is 1. The standard InChI is InChI=1S/C29H33NO2S/c31-24-12-15-28-26(20-24)29(27(21-32-28)22-8-3-1-4-9-22)23-10-13-25(14-11-23)33-19-7-18-30-16-5-2-6-17-30/h1,3-4,8-15,20,27,29,31H,2,5-7,16-19,21H2/t27-,29-/m0/s1. The molecule has 0 bridgehead atoms. The molecule has 3 aromatic rings. The predicted octanol–water partition coefficient (Wildman–Crippen LogP) is 6.67. The van der Waals surface area contributed by atoms with Crippen molar-refractivity contribution in [2.24, 2.45) is 0 Å². The zero-order valence-electron chi connectivity index (χ0n) is 19.2. The fraction of sp³-hybridized carbons (Fsp3) is 0.379. The number of fused-ring (bicyclic) bond motifs is 1. The fourth-order valence-corrected chi connectivity index (χ4v) is 6.07. The molecule has 2 heterocycles. The van der Waals surface area contributed by atoms with E-state index in [9.17, 15) is 5.11 Å². The summed E-state index contributed by atoms with van der Waals surface area (Å²) in [4.78, 5) is 3.95. The van der Waals surface area contributed by atoms with Crippen molar-refractivity contribution in [2.75, 3.05) is 32.0 Å². The Labute approximate surface area is 201 Å². The van der Waals surface area contributed by atoms with Gasteiger partial charge in [0, 0.05) is 22.3 Å². The second-order valence-electron chi connectivity index (χ2n) is 9.20. The van der Waals surface area contributed by atoms with Gasteiger partial charge in [-0.05, 0) is 86.1 Å². The van der Waals surface area contributed by atoms with Gasteiger partial charge in [0.1, 0.15) is 11.5 Å². The van der Waals surface area contributed by atoms with Gasteiger partial charge < -0.3 is 14.7 Å². The van der Waals surface area contributed by atoms with Crippen LogP contribution in [0.25, 0.3) is 0 Å². The minimum atomic E-state index is 0.154. The van der Waals surface area contributed by atoms with Crippen LogP contribution in [0.2, 0.25) is 0 Å². The molecule has 0 aliphatic carbocycles. The number of likely N-dealkylation sites (tertiary alicyclic amines) is 1. The summed E-state index contributed by atoms with van der Waals surface area (Å²) in [7, 11) is 0. The quantitative estimate of drug-likeness (QED) is 0.316. The SMILES string of the molecule is Oc1ccc2c(c1)[C@H](c1ccc(SCCCN3CCCCC3)cc1)[C@H](c1ccccc1)CO2. The Kier molecular flexibility index (Phi) is 7.23. The van der Waals surface area contributed by atoms with Crippen molar-refractivity contribution < 1.29 is 9.84 Å². The topological polar surface area (TPSA) is 32.7 Å². The molecule has 2 atom stereocenters. The molecule has 172 valence electrons.